The standard InChI is InChI=1S/C24H18O3.C6H3N3O6/c25-22-7-1-16(2-8-22)19-13-20(17-3-9-23(26)10-4-17)15-21(14-19)18-5-11-24(27)12-6-18;10-7(11)4-1-5(8(12)13)3-6(2-4)9(14)15/h1-15,25-27H;1-3H. The smallest absolute Gasteiger partial charge is 0.283 e. The summed E-state index contributed by atoms with van der Waals surface area (Å²) in [6, 6.07) is 29.5. The number of rotatable bonds is 6. The Kier molecular flexibility index (Phi) is 8.38. The van der Waals surface area contributed by atoms with Crippen molar-refractivity contribution < 1.29 is 30.1 Å². The van der Waals surface area contributed by atoms with E-state index in [-0.39, 0.29) is 17.2 Å². The van der Waals surface area contributed by atoms with Crippen molar-refractivity contribution in [2.45, 2.75) is 0 Å². The summed E-state index contributed by atoms with van der Waals surface area (Å²) in [5.41, 5.74) is 3.98. The van der Waals surface area contributed by atoms with E-state index >= 15 is 0 Å². The zero-order valence-corrected chi connectivity index (χ0v) is 21.5. The lowest BCUT2D eigenvalue weighted by Crippen LogP contribution is -1.96. The van der Waals surface area contributed by atoms with Gasteiger partial charge < -0.3 is 15.3 Å². The van der Waals surface area contributed by atoms with Crippen LogP contribution in [0.4, 0.5) is 17.1 Å². The highest BCUT2D eigenvalue weighted by Crippen LogP contribution is 2.34. The maximum absolute atomic E-state index is 10.3. The molecule has 12 nitrogen and oxygen atoms in total. The van der Waals surface area contributed by atoms with Crippen molar-refractivity contribution in [1.29, 1.82) is 0 Å². The van der Waals surface area contributed by atoms with Gasteiger partial charge in [-0.15, -0.1) is 0 Å². The van der Waals surface area contributed by atoms with E-state index in [2.05, 4.69) is 18.2 Å². The zero-order chi connectivity index (χ0) is 30.4. The highest BCUT2D eigenvalue weighted by Gasteiger charge is 2.21. The molecule has 0 bridgehead atoms. The number of nitro benzene ring substituents is 3. The second-order valence-electron chi connectivity index (χ2n) is 8.92. The first kappa shape index (κ1) is 28.7. The van der Waals surface area contributed by atoms with Gasteiger partial charge in [0.25, 0.3) is 17.1 Å². The number of non-ortho nitro benzene ring substituents is 3. The number of nitro groups is 3. The lowest BCUT2D eigenvalue weighted by molar-refractivity contribution is -0.403. The molecule has 0 saturated carbocycles. The van der Waals surface area contributed by atoms with Crippen molar-refractivity contribution in [1.82, 2.24) is 0 Å². The Morgan fingerprint density at radius 2 is 0.571 bits per heavy atom. The minimum atomic E-state index is -0.931. The molecule has 210 valence electrons. The second-order valence-corrected chi connectivity index (χ2v) is 8.92. The molecule has 0 amide bonds. The van der Waals surface area contributed by atoms with Crippen LogP contribution in [-0.4, -0.2) is 30.1 Å². The van der Waals surface area contributed by atoms with Gasteiger partial charge in [-0.2, -0.15) is 0 Å². The third-order valence-electron chi connectivity index (χ3n) is 6.05. The van der Waals surface area contributed by atoms with Gasteiger partial charge in [0.05, 0.1) is 33.0 Å². The normalized spacial score (nSPS) is 10.3. The van der Waals surface area contributed by atoms with Gasteiger partial charge in [-0.3, -0.25) is 30.3 Å². The number of nitrogens with zero attached hydrogens (tertiary/aromatic N) is 3. The minimum Gasteiger partial charge on any atom is -0.508 e. The van der Waals surface area contributed by atoms with Crippen LogP contribution in [0, 0.1) is 30.3 Å². The number of phenols is 3. The quantitative estimate of drug-likeness (QED) is 0.140. The fourth-order valence-electron chi connectivity index (χ4n) is 3.99. The molecule has 0 fully saturated rings. The SMILES string of the molecule is O=[N+]([O-])c1cc([N+](=O)[O-])cc([N+](=O)[O-])c1.Oc1ccc(-c2cc(-c3ccc(O)cc3)cc(-c3ccc(O)cc3)c2)cc1. The molecule has 0 aromatic heterocycles. The van der Waals surface area contributed by atoms with Crippen LogP contribution in [0.5, 0.6) is 17.2 Å². The summed E-state index contributed by atoms with van der Waals surface area (Å²) >= 11 is 0. The second kappa shape index (κ2) is 12.3. The van der Waals surface area contributed by atoms with E-state index in [9.17, 15) is 45.7 Å². The van der Waals surface area contributed by atoms with E-state index in [1.165, 1.54) is 0 Å². The predicted molar refractivity (Wildman–Crippen MR) is 154 cm³/mol. The van der Waals surface area contributed by atoms with E-state index in [1.807, 2.05) is 36.4 Å². The average Bonchev–Trinajstić information content (AvgIpc) is 2.98. The maximum Gasteiger partial charge on any atom is 0.283 e. The molecule has 42 heavy (non-hydrogen) atoms. The summed E-state index contributed by atoms with van der Waals surface area (Å²) < 4.78 is 0. The number of aromatic hydroxyl groups is 3. The van der Waals surface area contributed by atoms with Gasteiger partial charge in [0, 0.05) is 0 Å². The summed E-state index contributed by atoms with van der Waals surface area (Å²) in [6.07, 6.45) is 0. The molecule has 0 radical (unpaired) electrons. The summed E-state index contributed by atoms with van der Waals surface area (Å²) in [5.74, 6) is 0.687. The summed E-state index contributed by atoms with van der Waals surface area (Å²) in [5, 5.41) is 59.7. The van der Waals surface area contributed by atoms with Crippen LogP contribution in [0.15, 0.2) is 109 Å². The topological polar surface area (TPSA) is 190 Å². The van der Waals surface area contributed by atoms with E-state index < -0.39 is 31.8 Å². The van der Waals surface area contributed by atoms with Gasteiger partial charge in [-0.25, -0.2) is 0 Å². The number of benzene rings is 5. The van der Waals surface area contributed by atoms with Crippen molar-refractivity contribution in [3.05, 3.63) is 140 Å². The Morgan fingerprint density at radius 1 is 0.357 bits per heavy atom. The van der Waals surface area contributed by atoms with Crippen LogP contribution in [0.2, 0.25) is 0 Å². The monoisotopic (exact) mass is 567 g/mol. The molecule has 0 heterocycles. The molecule has 12 heteroatoms. The maximum atomic E-state index is 10.3. The minimum absolute atomic E-state index is 0.229. The van der Waals surface area contributed by atoms with Crippen LogP contribution in [0.3, 0.4) is 0 Å². The van der Waals surface area contributed by atoms with Crippen LogP contribution in [0.1, 0.15) is 0 Å². The lowest BCUT2D eigenvalue weighted by atomic mass is 9.93. The first-order chi connectivity index (χ1) is 20.0. The Morgan fingerprint density at radius 3 is 0.762 bits per heavy atom. The van der Waals surface area contributed by atoms with Crippen LogP contribution < -0.4 is 0 Å². The van der Waals surface area contributed by atoms with Crippen LogP contribution in [-0.2, 0) is 0 Å². The summed E-state index contributed by atoms with van der Waals surface area (Å²) in [4.78, 5) is 28.1. The number of hydrogen-bond acceptors (Lipinski definition) is 9. The Bertz CT molecular complexity index is 1540. The summed E-state index contributed by atoms with van der Waals surface area (Å²) in [6.45, 7) is 0. The molecule has 0 aliphatic rings. The van der Waals surface area contributed by atoms with Crippen LogP contribution >= 0.6 is 0 Å². The first-order valence-corrected chi connectivity index (χ1v) is 12.1. The van der Waals surface area contributed by atoms with Crippen molar-refractivity contribution in [2.75, 3.05) is 0 Å². The number of phenolic OH excluding ortho intramolecular Hbond substituents is 3. The molecule has 5 aromatic carbocycles. The first-order valence-electron chi connectivity index (χ1n) is 12.1. The zero-order valence-electron chi connectivity index (χ0n) is 21.5. The van der Waals surface area contributed by atoms with E-state index in [0.717, 1.165) is 33.4 Å². The van der Waals surface area contributed by atoms with Crippen molar-refractivity contribution >= 4 is 17.1 Å². The van der Waals surface area contributed by atoms with E-state index in [0.29, 0.717) is 18.2 Å². The molecule has 0 aliphatic carbocycles. The predicted octanol–water partition coefficient (Wildman–Crippen LogP) is 7.22. The molecular weight excluding hydrogens is 546 g/mol. The Labute approximate surface area is 237 Å². The molecule has 0 atom stereocenters. The highest BCUT2D eigenvalue weighted by atomic mass is 16.6. The molecule has 0 saturated heterocycles. The average molecular weight is 568 g/mol. The molecule has 5 rings (SSSR count). The molecule has 3 N–H and O–H groups in total. The molecule has 0 unspecified atom stereocenters. The Hall–Kier alpha value is -6.30. The van der Waals surface area contributed by atoms with Gasteiger partial charge >= 0.3 is 0 Å². The molecule has 5 aromatic rings. The van der Waals surface area contributed by atoms with Crippen LogP contribution in [0.25, 0.3) is 33.4 Å². The van der Waals surface area contributed by atoms with Crippen molar-refractivity contribution in [2.24, 2.45) is 0 Å². The van der Waals surface area contributed by atoms with Gasteiger partial charge in [-0.1, -0.05) is 36.4 Å². The van der Waals surface area contributed by atoms with Gasteiger partial charge in [-0.05, 0) is 88.0 Å². The third-order valence-corrected chi connectivity index (χ3v) is 6.05. The molecule has 0 spiro atoms. The van der Waals surface area contributed by atoms with Gasteiger partial charge in [0.2, 0.25) is 0 Å². The fourth-order valence-corrected chi connectivity index (χ4v) is 3.99. The highest BCUT2D eigenvalue weighted by molar-refractivity contribution is 5.81. The molecule has 0 aliphatic heterocycles. The van der Waals surface area contributed by atoms with Gasteiger partial charge in [0.1, 0.15) is 17.2 Å². The number of hydrogen-bond donors (Lipinski definition) is 3. The molecular formula is C30H21N3O9. The van der Waals surface area contributed by atoms with E-state index in [1.54, 1.807) is 36.4 Å². The van der Waals surface area contributed by atoms with Crippen molar-refractivity contribution in [3.8, 4) is 50.6 Å². The lowest BCUT2D eigenvalue weighted by Gasteiger charge is -2.12. The van der Waals surface area contributed by atoms with Crippen molar-refractivity contribution in [3.63, 3.8) is 0 Å². The Balaban J connectivity index is 0.000000230. The fraction of sp³-hybridized carbons (Fsp3) is 0. The van der Waals surface area contributed by atoms with Gasteiger partial charge in [0.15, 0.2) is 0 Å². The summed E-state index contributed by atoms with van der Waals surface area (Å²) in [7, 11) is 0. The van der Waals surface area contributed by atoms with E-state index in [4.69, 9.17) is 0 Å². The largest absolute Gasteiger partial charge is 0.508 e. The third kappa shape index (κ3) is 7.01.